The van der Waals surface area contributed by atoms with Crippen LogP contribution in [0.25, 0.3) is 10.9 Å². The average molecular weight is 293 g/mol. The molecule has 1 amide bonds. The first-order chi connectivity index (χ1) is 9.60. The number of fused-ring (bicyclic) bond motifs is 1. The fraction of sp³-hybridized carbons (Fsp3) is 0.429. The van der Waals surface area contributed by atoms with Crippen LogP contribution in [-0.2, 0) is 4.79 Å². The molecule has 1 aromatic carbocycles. The maximum absolute atomic E-state index is 12.4. The van der Waals surface area contributed by atoms with Crippen molar-refractivity contribution >= 4 is 34.2 Å². The van der Waals surface area contributed by atoms with Gasteiger partial charge in [0.25, 0.3) is 0 Å². The number of hydrogen-bond donors (Lipinski definition) is 3. The monoisotopic (exact) mass is 292 g/mol. The maximum atomic E-state index is 12.4. The second kappa shape index (κ2) is 5.07. The predicted molar refractivity (Wildman–Crippen MR) is 79.7 cm³/mol. The highest BCUT2D eigenvalue weighted by atomic mass is 35.5. The van der Waals surface area contributed by atoms with Crippen LogP contribution in [0, 0.1) is 0 Å². The van der Waals surface area contributed by atoms with Gasteiger partial charge < -0.3 is 11.1 Å². The summed E-state index contributed by atoms with van der Waals surface area (Å²) in [7, 11) is 0. The predicted octanol–water partition coefficient (Wildman–Crippen LogP) is 2.82. The number of anilines is 1. The van der Waals surface area contributed by atoms with Gasteiger partial charge in [0.2, 0.25) is 5.91 Å². The molecule has 5 nitrogen and oxygen atoms in total. The quantitative estimate of drug-likeness (QED) is 0.796. The molecule has 6 heteroatoms. The van der Waals surface area contributed by atoms with E-state index in [1.807, 2.05) is 12.1 Å². The highest BCUT2D eigenvalue weighted by Crippen LogP contribution is 2.30. The van der Waals surface area contributed by atoms with Crippen LogP contribution in [0.15, 0.2) is 18.2 Å². The molecule has 0 saturated heterocycles. The summed E-state index contributed by atoms with van der Waals surface area (Å²) in [6, 6.07) is 5.47. The fourth-order valence-electron chi connectivity index (χ4n) is 2.74. The smallest absolute Gasteiger partial charge is 0.245 e. The number of aromatic nitrogens is 2. The van der Waals surface area contributed by atoms with Crippen molar-refractivity contribution in [2.75, 3.05) is 5.32 Å². The Morgan fingerprint density at radius 1 is 1.35 bits per heavy atom. The molecule has 106 valence electrons. The van der Waals surface area contributed by atoms with Crippen LogP contribution in [0.4, 0.5) is 5.82 Å². The number of nitrogens with zero attached hydrogens (tertiary/aromatic N) is 1. The Kier molecular flexibility index (Phi) is 3.40. The molecular formula is C14H17ClN4O. The lowest BCUT2D eigenvalue weighted by Crippen LogP contribution is -2.52. The third-order valence-electron chi connectivity index (χ3n) is 3.98. The minimum absolute atomic E-state index is 0.162. The first-order valence-corrected chi connectivity index (χ1v) is 7.21. The molecule has 1 saturated carbocycles. The molecule has 2 aromatic rings. The van der Waals surface area contributed by atoms with Crippen LogP contribution in [-0.4, -0.2) is 21.6 Å². The zero-order chi connectivity index (χ0) is 14.2. The van der Waals surface area contributed by atoms with Crippen molar-refractivity contribution in [3.05, 3.63) is 23.2 Å². The van der Waals surface area contributed by atoms with Crippen molar-refractivity contribution in [2.45, 2.75) is 37.6 Å². The molecule has 1 aromatic heterocycles. The molecule has 1 fully saturated rings. The summed E-state index contributed by atoms with van der Waals surface area (Å²) in [5, 5.41) is 11.2. The minimum atomic E-state index is -0.776. The first-order valence-electron chi connectivity index (χ1n) is 6.83. The molecule has 0 bridgehead atoms. The Balaban J connectivity index is 1.86. The van der Waals surface area contributed by atoms with Crippen molar-refractivity contribution in [2.24, 2.45) is 5.73 Å². The number of amides is 1. The van der Waals surface area contributed by atoms with Gasteiger partial charge >= 0.3 is 0 Å². The van der Waals surface area contributed by atoms with Gasteiger partial charge in [-0.2, -0.15) is 5.10 Å². The number of carbonyl (C=O) groups is 1. The molecule has 0 atom stereocenters. The Morgan fingerprint density at radius 2 is 2.10 bits per heavy atom. The molecule has 1 aliphatic carbocycles. The molecule has 0 spiro atoms. The van der Waals surface area contributed by atoms with E-state index in [4.69, 9.17) is 17.3 Å². The van der Waals surface area contributed by atoms with Crippen molar-refractivity contribution in [3.63, 3.8) is 0 Å². The number of hydrogen-bond acceptors (Lipinski definition) is 3. The van der Waals surface area contributed by atoms with Gasteiger partial charge in [0.05, 0.1) is 16.1 Å². The van der Waals surface area contributed by atoms with Gasteiger partial charge in [0, 0.05) is 5.39 Å². The molecule has 20 heavy (non-hydrogen) atoms. The van der Waals surface area contributed by atoms with Crippen LogP contribution >= 0.6 is 11.6 Å². The third kappa shape index (κ3) is 2.27. The van der Waals surface area contributed by atoms with E-state index in [2.05, 4.69) is 15.5 Å². The van der Waals surface area contributed by atoms with E-state index in [1.54, 1.807) is 6.07 Å². The van der Waals surface area contributed by atoms with E-state index in [-0.39, 0.29) is 5.91 Å². The standard InChI is InChI=1S/C14H17ClN4O/c15-10-6-4-5-9-11(10)18-19-12(9)17-13(20)14(16)7-2-1-3-8-14/h4-6H,1-3,7-8,16H2,(H2,17,18,19,20). The molecule has 1 heterocycles. The Labute approximate surface area is 121 Å². The summed E-state index contributed by atoms with van der Waals surface area (Å²) < 4.78 is 0. The van der Waals surface area contributed by atoms with Gasteiger partial charge in [-0.05, 0) is 25.0 Å². The lowest BCUT2D eigenvalue weighted by atomic mass is 9.82. The Hall–Kier alpha value is -1.59. The van der Waals surface area contributed by atoms with Crippen molar-refractivity contribution < 1.29 is 4.79 Å². The van der Waals surface area contributed by atoms with Gasteiger partial charge in [-0.25, -0.2) is 0 Å². The summed E-state index contributed by atoms with van der Waals surface area (Å²) in [5.74, 6) is 0.327. The van der Waals surface area contributed by atoms with Crippen LogP contribution < -0.4 is 11.1 Å². The summed E-state index contributed by atoms with van der Waals surface area (Å²) in [4.78, 5) is 12.4. The SMILES string of the molecule is NC1(C(=O)Nc2n[nH]c3c(Cl)cccc23)CCCCC1. The third-order valence-corrected chi connectivity index (χ3v) is 4.29. The molecule has 0 aliphatic heterocycles. The molecule has 0 unspecified atom stereocenters. The first kappa shape index (κ1) is 13.4. The highest BCUT2D eigenvalue weighted by Gasteiger charge is 2.35. The average Bonchev–Trinajstić information content (AvgIpc) is 2.84. The van der Waals surface area contributed by atoms with Crippen LogP contribution in [0.1, 0.15) is 32.1 Å². The normalized spacial score (nSPS) is 18.1. The van der Waals surface area contributed by atoms with Crippen LogP contribution in [0.3, 0.4) is 0 Å². The molecule has 4 N–H and O–H groups in total. The summed E-state index contributed by atoms with van der Waals surface area (Å²) in [6.07, 6.45) is 4.59. The number of carbonyl (C=O) groups excluding carboxylic acids is 1. The lowest BCUT2D eigenvalue weighted by molar-refractivity contribution is -0.122. The molecule has 0 radical (unpaired) electrons. The molecule has 3 rings (SSSR count). The van der Waals surface area contributed by atoms with Gasteiger partial charge in [-0.15, -0.1) is 0 Å². The highest BCUT2D eigenvalue weighted by molar-refractivity contribution is 6.35. The minimum Gasteiger partial charge on any atom is -0.317 e. The summed E-state index contributed by atoms with van der Waals surface area (Å²) in [6.45, 7) is 0. The Bertz CT molecular complexity index is 646. The van der Waals surface area contributed by atoms with E-state index >= 15 is 0 Å². The van der Waals surface area contributed by atoms with Crippen LogP contribution in [0.5, 0.6) is 0 Å². The molecule has 1 aliphatic rings. The van der Waals surface area contributed by atoms with E-state index < -0.39 is 5.54 Å². The van der Waals surface area contributed by atoms with Gasteiger partial charge in [-0.1, -0.05) is 36.9 Å². The zero-order valence-electron chi connectivity index (χ0n) is 11.1. The number of halogens is 1. The van der Waals surface area contributed by atoms with Crippen LogP contribution in [0.2, 0.25) is 5.02 Å². The van der Waals surface area contributed by atoms with E-state index in [1.165, 1.54) is 0 Å². The van der Waals surface area contributed by atoms with Gasteiger partial charge in [0.15, 0.2) is 5.82 Å². The fourth-order valence-corrected chi connectivity index (χ4v) is 2.96. The second-order valence-corrected chi connectivity index (χ2v) is 5.81. The van der Waals surface area contributed by atoms with E-state index in [0.717, 1.165) is 43.0 Å². The van der Waals surface area contributed by atoms with Crippen molar-refractivity contribution in [1.29, 1.82) is 0 Å². The topological polar surface area (TPSA) is 83.8 Å². The van der Waals surface area contributed by atoms with Crippen molar-refractivity contribution in [3.8, 4) is 0 Å². The van der Waals surface area contributed by atoms with Crippen molar-refractivity contribution in [1.82, 2.24) is 10.2 Å². The number of para-hydroxylation sites is 1. The molecular weight excluding hydrogens is 276 g/mol. The lowest BCUT2D eigenvalue weighted by Gasteiger charge is -2.31. The number of benzene rings is 1. The zero-order valence-corrected chi connectivity index (χ0v) is 11.8. The van der Waals surface area contributed by atoms with E-state index in [9.17, 15) is 4.79 Å². The Morgan fingerprint density at radius 3 is 2.85 bits per heavy atom. The van der Waals surface area contributed by atoms with E-state index in [0.29, 0.717) is 10.8 Å². The van der Waals surface area contributed by atoms with Gasteiger partial charge in [-0.3, -0.25) is 9.89 Å². The number of nitrogens with two attached hydrogens (primary N) is 1. The number of nitrogens with one attached hydrogen (secondary N) is 2. The number of H-pyrrole nitrogens is 1. The number of aromatic amines is 1. The second-order valence-electron chi connectivity index (χ2n) is 5.41. The summed E-state index contributed by atoms with van der Waals surface area (Å²) in [5.41, 5.74) is 6.16. The van der Waals surface area contributed by atoms with Gasteiger partial charge in [0.1, 0.15) is 0 Å². The summed E-state index contributed by atoms with van der Waals surface area (Å²) >= 11 is 6.07. The maximum Gasteiger partial charge on any atom is 0.245 e. The number of rotatable bonds is 2. The largest absolute Gasteiger partial charge is 0.317 e.